The topological polar surface area (TPSA) is 0 Å². The lowest BCUT2D eigenvalue weighted by Gasteiger charge is -2.39. The van der Waals surface area contributed by atoms with Crippen molar-refractivity contribution in [1.29, 1.82) is 0 Å². The molecule has 0 N–H and O–H groups in total. The van der Waals surface area contributed by atoms with Crippen LogP contribution in [-0.4, -0.2) is 23.7 Å². The van der Waals surface area contributed by atoms with E-state index in [0.29, 0.717) is 0 Å². The Morgan fingerprint density at radius 3 is 1.35 bits per heavy atom. The van der Waals surface area contributed by atoms with Crippen LogP contribution >= 0.6 is 0 Å². The second-order valence-electron chi connectivity index (χ2n) is 4.36. The second kappa shape index (κ2) is 4.28. The number of halogens is 8. The van der Waals surface area contributed by atoms with E-state index >= 15 is 0 Å². The SMILES string of the molecule is CC(C)CC(F)(C(C)(F)F)C(F)(F)C(F)(F)F. The predicted molar refractivity (Wildman–Crippen MR) is 44.9 cm³/mol. The van der Waals surface area contributed by atoms with Crippen LogP contribution in [0.4, 0.5) is 35.1 Å². The first-order valence-corrected chi connectivity index (χ1v) is 4.68. The van der Waals surface area contributed by atoms with Crippen molar-refractivity contribution in [2.24, 2.45) is 5.92 Å². The molecule has 0 aliphatic heterocycles. The molecule has 0 bridgehead atoms. The smallest absolute Gasteiger partial charge is 0.230 e. The molecule has 0 rings (SSSR count). The van der Waals surface area contributed by atoms with Crippen LogP contribution < -0.4 is 0 Å². The van der Waals surface area contributed by atoms with Crippen molar-refractivity contribution in [1.82, 2.24) is 0 Å². The van der Waals surface area contributed by atoms with E-state index in [1.165, 1.54) is 0 Å². The van der Waals surface area contributed by atoms with Crippen LogP contribution in [0.1, 0.15) is 27.2 Å². The van der Waals surface area contributed by atoms with Gasteiger partial charge in [-0.1, -0.05) is 13.8 Å². The summed E-state index contributed by atoms with van der Waals surface area (Å²) in [5, 5.41) is 0. The Kier molecular flexibility index (Phi) is 4.13. The van der Waals surface area contributed by atoms with E-state index in [1.807, 2.05) is 0 Å². The highest BCUT2D eigenvalue weighted by atomic mass is 19.4. The number of hydrogen-bond acceptors (Lipinski definition) is 0. The first-order chi connectivity index (χ1) is 7.17. The van der Waals surface area contributed by atoms with Gasteiger partial charge in [0.1, 0.15) is 0 Å². The molecule has 104 valence electrons. The number of rotatable bonds is 4. The van der Waals surface area contributed by atoms with Gasteiger partial charge in [0, 0.05) is 6.92 Å². The number of hydrogen-bond donors (Lipinski definition) is 0. The predicted octanol–water partition coefficient (Wildman–Crippen LogP) is 4.59. The number of alkyl halides is 8. The van der Waals surface area contributed by atoms with Crippen LogP contribution in [-0.2, 0) is 0 Å². The maximum Gasteiger partial charge on any atom is 0.457 e. The summed E-state index contributed by atoms with van der Waals surface area (Å²) in [5.41, 5.74) is -4.95. The van der Waals surface area contributed by atoms with Crippen LogP contribution in [0.3, 0.4) is 0 Å². The van der Waals surface area contributed by atoms with Gasteiger partial charge in [-0.15, -0.1) is 0 Å². The van der Waals surface area contributed by atoms with E-state index in [1.54, 1.807) is 0 Å². The van der Waals surface area contributed by atoms with E-state index in [4.69, 9.17) is 0 Å². The van der Waals surface area contributed by atoms with Crippen molar-refractivity contribution < 1.29 is 35.1 Å². The molecule has 0 heterocycles. The molecule has 0 radical (unpaired) electrons. The van der Waals surface area contributed by atoms with Crippen molar-refractivity contribution in [3.05, 3.63) is 0 Å². The zero-order valence-electron chi connectivity index (χ0n) is 9.31. The molecule has 0 saturated heterocycles. The van der Waals surface area contributed by atoms with Gasteiger partial charge >= 0.3 is 12.1 Å². The summed E-state index contributed by atoms with van der Waals surface area (Å²) in [6.07, 6.45) is -7.96. The van der Waals surface area contributed by atoms with Gasteiger partial charge in [0.15, 0.2) is 0 Å². The summed E-state index contributed by atoms with van der Waals surface area (Å²) in [6, 6.07) is 0. The summed E-state index contributed by atoms with van der Waals surface area (Å²) in [5.74, 6) is -12.0. The third kappa shape index (κ3) is 2.82. The Labute approximate surface area is 93.0 Å². The summed E-state index contributed by atoms with van der Waals surface area (Å²) in [4.78, 5) is 0. The van der Waals surface area contributed by atoms with Crippen LogP contribution in [0, 0.1) is 5.92 Å². The molecule has 0 aliphatic carbocycles. The van der Waals surface area contributed by atoms with Gasteiger partial charge in [0.2, 0.25) is 5.67 Å². The third-order valence-corrected chi connectivity index (χ3v) is 2.24. The van der Waals surface area contributed by atoms with E-state index in [2.05, 4.69) is 0 Å². The lowest BCUT2D eigenvalue weighted by molar-refractivity contribution is -0.361. The minimum atomic E-state index is -6.36. The zero-order chi connectivity index (χ0) is 14.3. The zero-order valence-corrected chi connectivity index (χ0v) is 9.31. The molecule has 0 saturated carbocycles. The maximum atomic E-state index is 13.6. The first-order valence-electron chi connectivity index (χ1n) is 4.68. The summed E-state index contributed by atoms with van der Waals surface area (Å²) in [6.45, 7) is 1.87. The van der Waals surface area contributed by atoms with Crippen LogP contribution in [0.25, 0.3) is 0 Å². The molecular formula is C9H12F8. The van der Waals surface area contributed by atoms with Crippen molar-refractivity contribution in [2.75, 3.05) is 0 Å². The van der Waals surface area contributed by atoms with E-state index < -0.39 is 36.0 Å². The van der Waals surface area contributed by atoms with Gasteiger partial charge in [-0.2, -0.15) is 22.0 Å². The van der Waals surface area contributed by atoms with Gasteiger partial charge in [0.25, 0.3) is 5.92 Å². The average molecular weight is 272 g/mol. The monoisotopic (exact) mass is 272 g/mol. The Hall–Kier alpha value is -0.560. The normalized spacial score (nSPS) is 18.4. The lowest BCUT2D eigenvalue weighted by Crippen LogP contribution is -2.62. The van der Waals surface area contributed by atoms with Crippen molar-refractivity contribution >= 4 is 0 Å². The molecule has 0 aromatic carbocycles. The largest absolute Gasteiger partial charge is 0.457 e. The lowest BCUT2D eigenvalue weighted by atomic mass is 9.83. The Bertz CT molecular complexity index is 261. The Morgan fingerprint density at radius 1 is 0.824 bits per heavy atom. The molecule has 0 aliphatic rings. The molecule has 1 unspecified atom stereocenters. The first kappa shape index (κ1) is 16.4. The van der Waals surface area contributed by atoms with Gasteiger partial charge in [-0.25, -0.2) is 13.2 Å². The van der Waals surface area contributed by atoms with Gasteiger partial charge in [0.05, 0.1) is 0 Å². The molecule has 17 heavy (non-hydrogen) atoms. The summed E-state index contributed by atoms with van der Waals surface area (Å²) >= 11 is 0. The van der Waals surface area contributed by atoms with Gasteiger partial charge in [-0.3, -0.25) is 0 Å². The quantitative estimate of drug-likeness (QED) is 0.656. The standard InChI is InChI=1S/C9H12F8/c1-5(2)4-7(12,6(3,10)11)8(13,14)9(15,16)17/h5H,4H2,1-3H3. The second-order valence-corrected chi connectivity index (χ2v) is 4.36. The molecule has 1 atom stereocenters. The van der Waals surface area contributed by atoms with Crippen LogP contribution in [0.5, 0.6) is 0 Å². The van der Waals surface area contributed by atoms with Crippen molar-refractivity contribution in [3.63, 3.8) is 0 Å². The molecule has 8 heteroatoms. The molecule has 0 fully saturated rings. The molecule has 0 nitrogen and oxygen atoms in total. The molecule has 0 amide bonds. The van der Waals surface area contributed by atoms with Crippen molar-refractivity contribution in [2.45, 2.75) is 50.9 Å². The summed E-state index contributed by atoms with van der Waals surface area (Å²) < 4.78 is 101. The minimum Gasteiger partial charge on any atom is -0.230 e. The molecule has 0 aromatic heterocycles. The fourth-order valence-corrected chi connectivity index (χ4v) is 1.37. The highest BCUT2D eigenvalue weighted by Crippen LogP contribution is 2.54. The van der Waals surface area contributed by atoms with Gasteiger partial charge in [-0.05, 0) is 12.3 Å². The Morgan fingerprint density at radius 2 is 1.18 bits per heavy atom. The molecule has 0 aromatic rings. The molecular weight excluding hydrogens is 260 g/mol. The van der Waals surface area contributed by atoms with E-state index in [-0.39, 0.29) is 6.92 Å². The highest BCUT2D eigenvalue weighted by molar-refractivity contribution is 5.06. The van der Waals surface area contributed by atoms with Crippen molar-refractivity contribution in [3.8, 4) is 0 Å². The fraction of sp³-hybridized carbons (Fsp3) is 1.00. The van der Waals surface area contributed by atoms with Crippen LogP contribution in [0.15, 0.2) is 0 Å². The highest BCUT2D eigenvalue weighted by Gasteiger charge is 2.78. The molecule has 0 spiro atoms. The summed E-state index contributed by atoms with van der Waals surface area (Å²) in [7, 11) is 0. The Balaban J connectivity index is 5.65. The van der Waals surface area contributed by atoms with E-state index in [0.717, 1.165) is 13.8 Å². The maximum absolute atomic E-state index is 13.6. The average Bonchev–Trinajstić information content (AvgIpc) is 1.97. The van der Waals surface area contributed by atoms with Crippen LogP contribution in [0.2, 0.25) is 0 Å². The third-order valence-electron chi connectivity index (χ3n) is 2.24. The fourth-order valence-electron chi connectivity index (χ4n) is 1.37. The minimum absolute atomic E-state index is 0.283. The van der Waals surface area contributed by atoms with Gasteiger partial charge < -0.3 is 0 Å². The van der Waals surface area contributed by atoms with E-state index in [9.17, 15) is 35.1 Å².